The summed E-state index contributed by atoms with van der Waals surface area (Å²) in [6.07, 6.45) is -0.303. The molecule has 6 nitrogen and oxygen atoms in total. The van der Waals surface area contributed by atoms with E-state index in [0.29, 0.717) is 18.7 Å². The van der Waals surface area contributed by atoms with Gasteiger partial charge in [-0.2, -0.15) is 0 Å². The maximum Gasteiger partial charge on any atom is 0.255 e. The Kier molecular flexibility index (Phi) is 11.3. The van der Waals surface area contributed by atoms with Gasteiger partial charge in [-0.1, -0.05) is 32.4 Å². The SMILES string of the molecule is CCC(=O)C(C)Oc1cc(N)c(Cl)cc1C(=O)NCCN(CC)CC.Cl. The van der Waals surface area contributed by atoms with Crippen LogP contribution in [0.4, 0.5) is 5.69 Å². The Hall–Kier alpha value is -1.50. The molecule has 0 saturated heterocycles. The summed E-state index contributed by atoms with van der Waals surface area (Å²) >= 11 is 6.05. The number of likely N-dealkylation sites (N-methyl/N-ethyl adjacent to an activating group) is 1. The molecular weight excluding hydrogens is 377 g/mol. The van der Waals surface area contributed by atoms with Crippen LogP contribution in [0.25, 0.3) is 0 Å². The van der Waals surface area contributed by atoms with Crippen LogP contribution in [-0.2, 0) is 4.79 Å². The fraction of sp³-hybridized carbons (Fsp3) is 0.556. The minimum atomic E-state index is -0.659. The summed E-state index contributed by atoms with van der Waals surface area (Å²) in [6, 6.07) is 2.96. The second-order valence-electron chi connectivity index (χ2n) is 5.73. The van der Waals surface area contributed by atoms with Crippen molar-refractivity contribution in [2.75, 3.05) is 31.9 Å². The number of hydrogen-bond donors (Lipinski definition) is 2. The highest BCUT2D eigenvalue weighted by Crippen LogP contribution is 2.30. The van der Waals surface area contributed by atoms with Crippen LogP contribution in [0.1, 0.15) is 44.5 Å². The van der Waals surface area contributed by atoms with Crippen molar-refractivity contribution in [2.24, 2.45) is 0 Å². The number of hydrogen-bond acceptors (Lipinski definition) is 5. The molecule has 1 unspecified atom stereocenters. The summed E-state index contributed by atoms with van der Waals surface area (Å²) in [7, 11) is 0. The van der Waals surface area contributed by atoms with Crippen molar-refractivity contribution in [3.8, 4) is 5.75 Å². The molecule has 148 valence electrons. The third-order valence-electron chi connectivity index (χ3n) is 4.06. The van der Waals surface area contributed by atoms with Gasteiger partial charge in [-0.25, -0.2) is 0 Å². The van der Waals surface area contributed by atoms with Crippen molar-refractivity contribution in [3.05, 3.63) is 22.7 Å². The van der Waals surface area contributed by atoms with Gasteiger partial charge in [0.05, 0.1) is 16.3 Å². The van der Waals surface area contributed by atoms with Crippen molar-refractivity contribution < 1.29 is 14.3 Å². The number of nitrogens with zero attached hydrogens (tertiary/aromatic N) is 1. The molecule has 0 saturated carbocycles. The molecule has 1 rings (SSSR count). The maximum atomic E-state index is 12.5. The zero-order chi connectivity index (χ0) is 19.0. The molecule has 1 amide bonds. The molecule has 0 aliphatic carbocycles. The number of anilines is 1. The molecule has 0 fully saturated rings. The van der Waals surface area contributed by atoms with E-state index in [9.17, 15) is 9.59 Å². The summed E-state index contributed by atoms with van der Waals surface area (Å²) in [5, 5.41) is 3.13. The number of carbonyl (C=O) groups is 2. The number of carbonyl (C=O) groups excluding carboxylic acids is 2. The van der Waals surface area contributed by atoms with Gasteiger partial charge in [0.25, 0.3) is 5.91 Å². The van der Waals surface area contributed by atoms with E-state index in [1.54, 1.807) is 13.8 Å². The van der Waals surface area contributed by atoms with Gasteiger partial charge < -0.3 is 20.7 Å². The summed E-state index contributed by atoms with van der Waals surface area (Å²) in [4.78, 5) is 26.5. The number of amides is 1. The Morgan fingerprint density at radius 3 is 2.42 bits per heavy atom. The first-order chi connectivity index (χ1) is 11.8. The van der Waals surface area contributed by atoms with Crippen LogP contribution < -0.4 is 15.8 Å². The number of halogens is 2. The zero-order valence-corrected chi connectivity index (χ0v) is 17.4. The van der Waals surface area contributed by atoms with E-state index in [-0.39, 0.29) is 40.4 Å². The molecule has 26 heavy (non-hydrogen) atoms. The summed E-state index contributed by atoms with van der Waals surface area (Å²) in [5.41, 5.74) is 6.39. The standard InChI is InChI=1S/C18H28ClN3O3.ClH/c1-5-16(23)12(4)25-17-11-15(20)14(19)10-13(17)18(24)21-8-9-22(6-2)7-3;/h10-12H,5-9,20H2,1-4H3,(H,21,24);1H. The maximum absolute atomic E-state index is 12.5. The second-order valence-corrected chi connectivity index (χ2v) is 6.14. The molecule has 0 radical (unpaired) electrons. The number of rotatable bonds is 10. The molecule has 1 aromatic carbocycles. The van der Waals surface area contributed by atoms with Crippen LogP contribution in [-0.4, -0.2) is 48.9 Å². The smallest absolute Gasteiger partial charge is 0.255 e. The molecule has 0 bridgehead atoms. The van der Waals surface area contributed by atoms with E-state index in [4.69, 9.17) is 22.1 Å². The predicted molar refractivity (Wildman–Crippen MR) is 109 cm³/mol. The fourth-order valence-corrected chi connectivity index (χ4v) is 2.51. The highest BCUT2D eigenvalue weighted by molar-refractivity contribution is 6.33. The topological polar surface area (TPSA) is 84.7 Å². The Morgan fingerprint density at radius 1 is 1.27 bits per heavy atom. The van der Waals surface area contributed by atoms with Crippen molar-refractivity contribution in [1.82, 2.24) is 10.2 Å². The molecule has 0 aromatic heterocycles. The van der Waals surface area contributed by atoms with E-state index in [1.807, 2.05) is 0 Å². The molecular formula is C18H29Cl2N3O3. The van der Waals surface area contributed by atoms with Gasteiger partial charge in [-0.15, -0.1) is 12.4 Å². The van der Waals surface area contributed by atoms with Gasteiger partial charge in [-0.05, 0) is 26.1 Å². The lowest BCUT2D eigenvalue weighted by Crippen LogP contribution is -2.35. The molecule has 3 N–H and O–H groups in total. The molecule has 1 atom stereocenters. The third-order valence-corrected chi connectivity index (χ3v) is 4.38. The average Bonchev–Trinajstić information content (AvgIpc) is 2.60. The van der Waals surface area contributed by atoms with Crippen LogP contribution in [0.5, 0.6) is 5.75 Å². The summed E-state index contributed by atoms with van der Waals surface area (Å²) < 4.78 is 5.67. The number of ether oxygens (including phenoxy) is 1. The summed E-state index contributed by atoms with van der Waals surface area (Å²) in [6.45, 7) is 10.7. The number of nitrogen functional groups attached to an aromatic ring is 1. The highest BCUT2D eigenvalue weighted by atomic mass is 35.5. The molecule has 1 aromatic rings. The van der Waals surface area contributed by atoms with Gasteiger partial charge in [0.2, 0.25) is 0 Å². The Labute approximate surface area is 166 Å². The lowest BCUT2D eigenvalue weighted by atomic mass is 10.1. The van der Waals surface area contributed by atoms with Gasteiger partial charge in [0.1, 0.15) is 5.75 Å². The largest absolute Gasteiger partial charge is 0.482 e. The Morgan fingerprint density at radius 2 is 1.88 bits per heavy atom. The number of nitrogens with two attached hydrogens (primary N) is 1. The van der Waals surface area contributed by atoms with E-state index >= 15 is 0 Å². The summed E-state index contributed by atoms with van der Waals surface area (Å²) in [5.74, 6) is -0.0989. The fourth-order valence-electron chi connectivity index (χ4n) is 2.35. The number of Topliss-reactive ketones (excluding diaryl/α,β-unsaturated/α-hetero) is 1. The molecule has 0 aliphatic heterocycles. The van der Waals surface area contributed by atoms with Gasteiger partial charge >= 0.3 is 0 Å². The van der Waals surface area contributed by atoms with Crippen LogP contribution in [0.2, 0.25) is 5.02 Å². The van der Waals surface area contributed by atoms with E-state index in [0.717, 1.165) is 19.6 Å². The van der Waals surface area contributed by atoms with E-state index < -0.39 is 6.10 Å². The Balaban J connectivity index is 0.00000625. The minimum absolute atomic E-state index is 0. The van der Waals surface area contributed by atoms with E-state index in [1.165, 1.54) is 12.1 Å². The molecule has 0 heterocycles. The zero-order valence-electron chi connectivity index (χ0n) is 15.8. The van der Waals surface area contributed by atoms with Gasteiger partial charge in [-0.3, -0.25) is 9.59 Å². The molecule has 0 spiro atoms. The van der Waals surface area contributed by atoms with E-state index in [2.05, 4.69) is 24.1 Å². The van der Waals surface area contributed by atoms with Gasteiger partial charge in [0.15, 0.2) is 11.9 Å². The lowest BCUT2D eigenvalue weighted by Gasteiger charge is -2.19. The minimum Gasteiger partial charge on any atom is -0.482 e. The highest BCUT2D eigenvalue weighted by Gasteiger charge is 2.20. The number of ketones is 1. The number of benzene rings is 1. The van der Waals surface area contributed by atoms with Crippen molar-refractivity contribution in [2.45, 2.75) is 40.2 Å². The van der Waals surface area contributed by atoms with Crippen molar-refractivity contribution >= 4 is 41.4 Å². The molecule has 8 heteroatoms. The monoisotopic (exact) mass is 405 g/mol. The van der Waals surface area contributed by atoms with Crippen molar-refractivity contribution in [3.63, 3.8) is 0 Å². The second kappa shape index (κ2) is 12.0. The first-order valence-electron chi connectivity index (χ1n) is 8.62. The number of nitrogens with one attached hydrogen (secondary N) is 1. The van der Waals surface area contributed by atoms with Gasteiger partial charge in [0, 0.05) is 25.6 Å². The Bertz CT molecular complexity index is 608. The first-order valence-corrected chi connectivity index (χ1v) is 9.00. The quantitative estimate of drug-likeness (QED) is 0.583. The first kappa shape index (κ1) is 24.5. The van der Waals surface area contributed by atoms with Crippen molar-refractivity contribution in [1.29, 1.82) is 0 Å². The normalized spacial score (nSPS) is 11.6. The van der Waals surface area contributed by atoms with Crippen LogP contribution in [0, 0.1) is 0 Å². The average molecular weight is 406 g/mol. The lowest BCUT2D eigenvalue weighted by molar-refractivity contribution is -0.124. The van der Waals surface area contributed by atoms with Crippen LogP contribution >= 0.6 is 24.0 Å². The third kappa shape index (κ3) is 7.02. The van der Waals surface area contributed by atoms with Crippen LogP contribution in [0.15, 0.2) is 12.1 Å². The predicted octanol–water partition coefficient (Wildman–Crippen LogP) is 3.16. The van der Waals surface area contributed by atoms with Crippen LogP contribution in [0.3, 0.4) is 0 Å². The molecule has 0 aliphatic rings.